The summed E-state index contributed by atoms with van der Waals surface area (Å²) in [4.78, 5) is 17.8. The lowest BCUT2D eigenvalue weighted by atomic mass is 10.2. The summed E-state index contributed by atoms with van der Waals surface area (Å²) >= 11 is 5.82. The number of nitrogens with two attached hydrogens (primary N) is 1. The van der Waals surface area contributed by atoms with E-state index in [1.807, 2.05) is 0 Å². The van der Waals surface area contributed by atoms with Gasteiger partial charge in [-0.05, 0) is 12.5 Å². The number of carbonyl (C=O) groups excluding carboxylic acids is 1. The fourth-order valence-corrected chi connectivity index (χ4v) is 2.60. The average Bonchev–Trinajstić information content (AvgIpc) is 3.05. The highest BCUT2D eigenvalue weighted by Gasteiger charge is 2.21. The Balaban J connectivity index is 1.80. The smallest absolute Gasteiger partial charge is 0.256 e. The van der Waals surface area contributed by atoms with Gasteiger partial charge in [-0.15, -0.1) is 10.2 Å². The number of fused-ring (bicyclic) bond motifs is 1. The molecule has 2 N–H and O–H groups in total. The van der Waals surface area contributed by atoms with E-state index in [0.29, 0.717) is 17.8 Å². The first-order valence-corrected chi connectivity index (χ1v) is 7.01. The molecule has 2 aromatic heterocycles. The van der Waals surface area contributed by atoms with E-state index in [9.17, 15) is 4.79 Å². The van der Waals surface area contributed by atoms with Crippen LogP contribution in [0.15, 0.2) is 12.3 Å². The molecule has 3 heterocycles. The standard InChI is InChI=1S/C13H15ClN6O/c1-19(7-12-18-17-11-3-2-4-20(11)12)13(21)8-5-10(14)16-6-9(8)15/h5-6H,2-4,7,15H2,1H3. The fourth-order valence-electron chi connectivity index (χ4n) is 2.44. The van der Waals surface area contributed by atoms with Crippen molar-refractivity contribution in [2.45, 2.75) is 25.9 Å². The van der Waals surface area contributed by atoms with Gasteiger partial charge in [0.25, 0.3) is 5.91 Å². The highest BCUT2D eigenvalue weighted by Crippen LogP contribution is 2.19. The second-order valence-electron chi connectivity index (χ2n) is 5.04. The van der Waals surface area contributed by atoms with Crippen LogP contribution in [0.3, 0.4) is 0 Å². The normalized spacial score (nSPS) is 13.2. The first-order chi connectivity index (χ1) is 10.1. The Morgan fingerprint density at radius 1 is 1.52 bits per heavy atom. The van der Waals surface area contributed by atoms with Gasteiger partial charge in [-0.1, -0.05) is 11.6 Å². The van der Waals surface area contributed by atoms with Crippen LogP contribution < -0.4 is 5.73 Å². The molecule has 1 aliphatic rings. The minimum atomic E-state index is -0.216. The molecule has 21 heavy (non-hydrogen) atoms. The first kappa shape index (κ1) is 13.8. The molecule has 0 saturated carbocycles. The monoisotopic (exact) mass is 306 g/mol. The van der Waals surface area contributed by atoms with Crippen LogP contribution in [0.2, 0.25) is 5.15 Å². The number of hydrogen-bond acceptors (Lipinski definition) is 5. The quantitative estimate of drug-likeness (QED) is 0.858. The summed E-state index contributed by atoms with van der Waals surface area (Å²) in [6, 6.07) is 1.48. The molecule has 0 bridgehead atoms. The van der Waals surface area contributed by atoms with E-state index in [1.165, 1.54) is 12.3 Å². The molecule has 3 rings (SSSR count). The SMILES string of the molecule is CN(Cc1nnc2n1CCC2)C(=O)c1cc(Cl)ncc1N. The van der Waals surface area contributed by atoms with Crippen LogP contribution in [0.25, 0.3) is 0 Å². The summed E-state index contributed by atoms with van der Waals surface area (Å²) in [5.74, 6) is 1.56. The van der Waals surface area contributed by atoms with Gasteiger partial charge in [-0.3, -0.25) is 4.79 Å². The molecule has 0 aliphatic carbocycles. The molecule has 1 aliphatic heterocycles. The maximum atomic E-state index is 12.4. The number of hydrogen-bond donors (Lipinski definition) is 1. The summed E-state index contributed by atoms with van der Waals surface area (Å²) in [5.41, 5.74) is 6.44. The first-order valence-electron chi connectivity index (χ1n) is 6.63. The van der Waals surface area contributed by atoms with Gasteiger partial charge in [0.1, 0.15) is 11.0 Å². The predicted octanol–water partition coefficient (Wildman–Crippen LogP) is 1.13. The van der Waals surface area contributed by atoms with E-state index in [4.69, 9.17) is 17.3 Å². The van der Waals surface area contributed by atoms with Crippen LogP contribution in [-0.2, 0) is 19.5 Å². The second kappa shape index (κ2) is 5.33. The van der Waals surface area contributed by atoms with Crippen molar-refractivity contribution >= 4 is 23.2 Å². The predicted molar refractivity (Wildman–Crippen MR) is 77.8 cm³/mol. The van der Waals surface area contributed by atoms with Crippen molar-refractivity contribution in [3.8, 4) is 0 Å². The van der Waals surface area contributed by atoms with E-state index in [2.05, 4.69) is 19.7 Å². The van der Waals surface area contributed by atoms with E-state index < -0.39 is 0 Å². The molecular formula is C13H15ClN6O. The molecule has 8 heteroatoms. The number of nitrogen functional groups attached to an aromatic ring is 1. The summed E-state index contributed by atoms with van der Waals surface area (Å²) in [6.45, 7) is 1.29. The molecule has 0 radical (unpaired) electrons. The summed E-state index contributed by atoms with van der Waals surface area (Å²) in [5, 5.41) is 8.52. The third-order valence-electron chi connectivity index (χ3n) is 3.54. The fraction of sp³-hybridized carbons (Fsp3) is 0.385. The molecule has 0 saturated heterocycles. The maximum absolute atomic E-state index is 12.4. The molecule has 1 amide bonds. The number of carbonyl (C=O) groups is 1. The van der Waals surface area contributed by atoms with Crippen LogP contribution in [0.1, 0.15) is 28.4 Å². The third kappa shape index (κ3) is 2.56. The highest BCUT2D eigenvalue weighted by molar-refractivity contribution is 6.29. The number of anilines is 1. The van der Waals surface area contributed by atoms with E-state index in [0.717, 1.165) is 31.0 Å². The topological polar surface area (TPSA) is 89.9 Å². The van der Waals surface area contributed by atoms with Gasteiger partial charge >= 0.3 is 0 Å². The Labute approximate surface area is 126 Å². The number of pyridine rings is 1. The number of nitrogens with zero attached hydrogens (tertiary/aromatic N) is 5. The van der Waals surface area contributed by atoms with Gasteiger partial charge in [-0.25, -0.2) is 4.98 Å². The maximum Gasteiger partial charge on any atom is 0.256 e. The number of aryl methyl sites for hydroxylation is 1. The molecule has 0 aromatic carbocycles. The summed E-state index contributed by atoms with van der Waals surface area (Å²) in [6.07, 6.45) is 3.40. The van der Waals surface area contributed by atoms with Gasteiger partial charge in [-0.2, -0.15) is 0 Å². The van der Waals surface area contributed by atoms with Crippen LogP contribution in [0.5, 0.6) is 0 Å². The molecule has 0 atom stereocenters. The van der Waals surface area contributed by atoms with Crippen molar-refractivity contribution in [3.63, 3.8) is 0 Å². The van der Waals surface area contributed by atoms with Crippen molar-refractivity contribution < 1.29 is 4.79 Å². The molecule has 0 unspecified atom stereocenters. The minimum Gasteiger partial charge on any atom is -0.397 e. The van der Waals surface area contributed by atoms with Crippen molar-refractivity contribution in [2.75, 3.05) is 12.8 Å². The van der Waals surface area contributed by atoms with E-state index in [-0.39, 0.29) is 11.1 Å². The number of rotatable bonds is 3. The molecule has 7 nitrogen and oxygen atoms in total. The van der Waals surface area contributed by atoms with Crippen LogP contribution in [0, 0.1) is 0 Å². The van der Waals surface area contributed by atoms with Crippen LogP contribution in [-0.4, -0.2) is 37.6 Å². The minimum absolute atomic E-state index is 0.216. The zero-order valence-corrected chi connectivity index (χ0v) is 12.3. The number of halogens is 1. The zero-order chi connectivity index (χ0) is 15.0. The summed E-state index contributed by atoms with van der Waals surface area (Å²) in [7, 11) is 1.70. The lowest BCUT2D eigenvalue weighted by Gasteiger charge is -2.17. The van der Waals surface area contributed by atoms with Crippen LogP contribution in [0.4, 0.5) is 5.69 Å². The lowest BCUT2D eigenvalue weighted by Crippen LogP contribution is -2.28. The Morgan fingerprint density at radius 2 is 2.33 bits per heavy atom. The van der Waals surface area contributed by atoms with Gasteiger partial charge in [0.15, 0.2) is 5.82 Å². The highest BCUT2D eigenvalue weighted by atomic mass is 35.5. The van der Waals surface area contributed by atoms with Gasteiger partial charge in [0, 0.05) is 20.0 Å². The Bertz CT molecular complexity index is 698. The van der Waals surface area contributed by atoms with Crippen molar-refractivity contribution in [1.29, 1.82) is 0 Å². The van der Waals surface area contributed by atoms with Crippen molar-refractivity contribution in [1.82, 2.24) is 24.6 Å². The Morgan fingerprint density at radius 3 is 3.14 bits per heavy atom. The van der Waals surface area contributed by atoms with Crippen LogP contribution >= 0.6 is 11.6 Å². The lowest BCUT2D eigenvalue weighted by molar-refractivity contribution is 0.0781. The molecular weight excluding hydrogens is 292 g/mol. The molecule has 0 fully saturated rings. The zero-order valence-electron chi connectivity index (χ0n) is 11.6. The summed E-state index contributed by atoms with van der Waals surface area (Å²) < 4.78 is 2.06. The largest absolute Gasteiger partial charge is 0.397 e. The van der Waals surface area contributed by atoms with Gasteiger partial charge < -0.3 is 15.2 Å². The third-order valence-corrected chi connectivity index (χ3v) is 3.75. The van der Waals surface area contributed by atoms with Crippen molar-refractivity contribution in [3.05, 3.63) is 34.6 Å². The Hall–Kier alpha value is -2.15. The van der Waals surface area contributed by atoms with E-state index in [1.54, 1.807) is 11.9 Å². The second-order valence-corrected chi connectivity index (χ2v) is 5.43. The molecule has 0 spiro atoms. The average molecular weight is 307 g/mol. The molecule has 2 aromatic rings. The Kier molecular flexibility index (Phi) is 3.50. The molecule has 110 valence electrons. The van der Waals surface area contributed by atoms with E-state index >= 15 is 0 Å². The van der Waals surface area contributed by atoms with Crippen molar-refractivity contribution in [2.24, 2.45) is 0 Å². The van der Waals surface area contributed by atoms with Gasteiger partial charge in [0.05, 0.1) is 24.0 Å². The number of aromatic nitrogens is 4. The van der Waals surface area contributed by atoms with Gasteiger partial charge in [0.2, 0.25) is 0 Å². The number of amides is 1.